The van der Waals surface area contributed by atoms with Gasteiger partial charge in [-0.2, -0.15) is 13.2 Å². The second-order valence-electron chi connectivity index (χ2n) is 6.31. The number of hydrogen-bond donors (Lipinski definition) is 3. The fourth-order valence-electron chi connectivity index (χ4n) is 2.63. The maximum absolute atomic E-state index is 13.3. The van der Waals surface area contributed by atoms with Gasteiger partial charge in [0.1, 0.15) is 18.7 Å². The molecule has 2 atom stereocenters. The lowest BCUT2D eigenvalue weighted by Gasteiger charge is -2.36. The Morgan fingerprint density at radius 1 is 1.24 bits per heavy atom. The van der Waals surface area contributed by atoms with Gasteiger partial charge in [-0.3, -0.25) is 14.5 Å². The van der Waals surface area contributed by atoms with Gasteiger partial charge in [0, 0.05) is 39.8 Å². The minimum Gasteiger partial charge on any atom is -0.375 e. The summed E-state index contributed by atoms with van der Waals surface area (Å²) in [6.45, 7) is 4.11. The zero-order valence-electron chi connectivity index (χ0n) is 14.8. The number of methoxy groups -OCH3 is 1. The molecular weight excluding hydrogens is 341 g/mol. The number of rotatable bonds is 8. The molecule has 10 heteroatoms. The van der Waals surface area contributed by atoms with Crippen molar-refractivity contribution in [3.63, 3.8) is 0 Å². The first-order valence-electron chi connectivity index (χ1n) is 8.24. The lowest BCUT2D eigenvalue weighted by Crippen LogP contribution is -2.59. The first-order valence-corrected chi connectivity index (χ1v) is 8.24. The van der Waals surface area contributed by atoms with Crippen LogP contribution >= 0.6 is 0 Å². The van der Waals surface area contributed by atoms with E-state index in [0.29, 0.717) is 13.1 Å². The monoisotopic (exact) mass is 368 g/mol. The Labute approximate surface area is 145 Å². The highest BCUT2D eigenvalue weighted by Gasteiger charge is 2.44. The molecule has 1 fully saturated rings. The highest BCUT2D eigenvalue weighted by molar-refractivity contribution is 5.88. The van der Waals surface area contributed by atoms with Crippen LogP contribution in [-0.4, -0.2) is 81.4 Å². The highest BCUT2D eigenvalue weighted by atomic mass is 19.4. The molecule has 0 aromatic heterocycles. The lowest BCUT2D eigenvalue weighted by atomic mass is 10.0. The van der Waals surface area contributed by atoms with E-state index in [4.69, 9.17) is 0 Å². The topological polar surface area (TPSA) is 82.7 Å². The first kappa shape index (κ1) is 21.7. The fourth-order valence-corrected chi connectivity index (χ4v) is 2.63. The van der Waals surface area contributed by atoms with Gasteiger partial charge in [0.05, 0.1) is 0 Å². The van der Waals surface area contributed by atoms with Crippen molar-refractivity contribution in [2.24, 2.45) is 5.92 Å². The SMILES string of the molecule is COCC(=O)N[C@H](C(=O)NCC(N1CCNCC1)C(F)(F)F)C(C)C. The molecule has 1 aliphatic rings. The van der Waals surface area contributed by atoms with Gasteiger partial charge in [-0.25, -0.2) is 0 Å². The number of piperazine rings is 1. The quantitative estimate of drug-likeness (QED) is 0.549. The average Bonchev–Trinajstić information content (AvgIpc) is 2.52. The van der Waals surface area contributed by atoms with Crippen molar-refractivity contribution in [1.29, 1.82) is 0 Å². The molecule has 146 valence electrons. The number of carbonyl (C=O) groups is 2. The second kappa shape index (κ2) is 9.93. The number of ether oxygens (including phenoxy) is 1. The number of carbonyl (C=O) groups excluding carboxylic acids is 2. The van der Waals surface area contributed by atoms with Gasteiger partial charge in [-0.15, -0.1) is 0 Å². The van der Waals surface area contributed by atoms with Gasteiger partial charge in [-0.05, 0) is 5.92 Å². The fraction of sp³-hybridized carbons (Fsp3) is 0.867. The highest BCUT2D eigenvalue weighted by Crippen LogP contribution is 2.24. The third kappa shape index (κ3) is 7.17. The Hall–Kier alpha value is -1.39. The first-order chi connectivity index (χ1) is 11.7. The van der Waals surface area contributed by atoms with E-state index in [1.165, 1.54) is 12.0 Å². The molecule has 0 spiro atoms. The smallest absolute Gasteiger partial charge is 0.375 e. The molecule has 1 aliphatic heterocycles. The predicted molar refractivity (Wildman–Crippen MR) is 85.9 cm³/mol. The number of alkyl halides is 3. The minimum atomic E-state index is -4.45. The summed E-state index contributed by atoms with van der Waals surface area (Å²) in [5.74, 6) is -1.40. The number of nitrogens with one attached hydrogen (secondary N) is 3. The van der Waals surface area contributed by atoms with Crippen LogP contribution in [0.25, 0.3) is 0 Å². The third-order valence-corrected chi connectivity index (χ3v) is 3.98. The van der Waals surface area contributed by atoms with E-state index in [-0.39, 0.29) is 25.6 Å². The van der Waals surface area contributed by atoms with E-state index in [0.717, 1.165) is 0 Å². The van der Waals surface area contributed by atoms with Gasteiger partial charge < -0.3 is 20.7 Å². The lowest BCUT2D eigenvalue weighted by molar-refractivity contribution is -0.184. The van der Waals surface area contributed by atoms with Crippen molar-refractivity contribution in [1.82, 2.24) is 20.9 Å². The summed E-state index contributed by atoms with van der Waals surface area (Å²) in [6, 6.07) is -2.67. The van der Waals surface area contributed by atoms with Crippen molar-refractivity contribution >= 4 is 11.8 Å². The summed E-state index contributed by atoms with van der Waals surface area (Å²) in [7, 11) is 1.34. The van der Waals surface area contributed by atoms with Gasteiger partial charge in [0.15, 0.2) is 0 Å². The third-order valence-electron chi connectivity index (χ3n) is 3.98. The van der Waals surface area contributed by atoms with E-state index < -0.39 is 36.6 Å². The molecule has 2 amide bonds. The molecule has 1 rings (SSSR count). The predicted octanol–water partition coefficient (Wildman–Crippen LogP) is -0.274. The number of hydrogen-bond acceptors (Lipinski definition) is 5. The maximum atomic E-state index is 13.3. The minimum absolute atomic E-state index is 0.220. The van der Waals surface area contributed by atoms with E-state index in [2.05, 4.69) is 20.7 Å². The van der Waals surface area contributed by atoms with E-state index in [9.17, 15) is 22.8 Å². The molecule has 0 aliphatic carbocycles. The number of halogens is 3. The van der Waals surface area contributed by atoms with Crippen LogP contribution in [0, 0.1) is 5.92 Å². The van der Waals surface area contributed by atoms with Gasteiger partial charge in [0.25, 0.3) is 0 Å². The van der Waals surface area contributed by atoms with E-state index >= 15 is 0 Å². The number of amides is 2. The summed E-state index contributed by atoms with van der Waals surface area (Å²) < 4.78 is 44.7. The normalized spacial score (nSPS) is 18.7. The molecule has 0 saturated carbocycles. The van der Waals surface area contributed by atoms with Crippen molar-refractivity contribution in [3.05, 3.63) is 0 Å². The van der Waals surface area contributed by atoms with E-state index in [1.807, 2.05) is 0 Å². The van der Waals surface area contributed by atoms with Crippen LogP contribution in [0.3, 0.4) is 0 Å². The van der Waals surface area contributed by atoms with Gasteiger partial charge in [0.2, 0.25) is 11.8 Å². The van der Waals surface area contributed by atoms with Crippen LogP contribution in [0.15, 0.2) is 0 Å². The van der Waals surface area contributed by atoms with Crippen molar-refractivity contribution in [3.8, 4) is 0 Å². The zero-order valence-corrected chi connectivity index (χ0v) is 14.8. The zero-order chi connectivity index (χ0) is 19.0. The maximum Gasteiger partial charge on any atom is 0.405 e. The Morgan fingerprint density at radius 2 is 1.84 bits per heavy atom. The molecule has 25 heavy (non-hydrogen) atoms. The summed E-state index contributed by atoms with van der Waals surface area (Å²) in [5.41, 5.74) is 0. The molecule has 7 nitrogen and oxygen atoms in total. The van der Waals surface area contributed by atoms with Crippen LogP contribution < -0.4 is 16.0 Å². The second-order valence-corrected chi connectivity index (χ2v) is 6.31. The molecule has 0 radical (unpaired) electrons. The van der Waals surface area contributed by atoms with Crippen LogP contribution in [0.2, 0.25) is 0 Å². The molecule has 1 saturated heterocycles. The van der Waals surface area contributed by atoms with Crippen LogP contribution in [-0.2, 0) is 14.3 Å². The summed E-state index contributed by atoms with van der Waals surface area (Å²) in [6.07, 6.45) is -4.45. The van der Waals surface area contributed by atoms with Crippen LogP contribution in [0.4, 0.5) is 13.2 Å². The average molecular weight is 368 g/mol. The number of nitrogens with zero attached hydrogens (tertiary/aromatic N) is 1. The van der Waals surface area contributed by atoms with E-state index in [1.54, 1.807) is 13.8 Å². The molecular formula is C15H27F3N4O3. The molecule has 0 aromatic carbocycles. The molecule has 1 heterocycles. The Morgan fingerprint density at radius 3 is 2.32 bits per heavy atom. The van der Waals surface area contributed by atoms with Gasteiger partial charge in [-0.1, -0.05) is 13.8 Å². The molecule has 0 aromatic rings. The van der Waals surface area contributed by atoms with Crippen molar-refractivity contribution in [2.45, 2.75) is 32.1 Å². The van der Waals surface area contributed by atoms with Crippen molar-refractivity contribution < 1.29 is 27.5 Å². The van der Waals surface area contributed by atoms with Crippen LogP contribution in [0.5, 0.6) is 0 Å². The Balaban J connectivity index is 2.68. The Bertz CT molecular complexity index is 440. The Kier molecular flexibility index (Phi) is 8.60. The molecule has 3 N–H and O–H groups in total. The largest absolute Gasteiger partial charge is 0.405 e. The van der Waals surface area contributed by atoms with Crippen molar-refractivity contribution in [2.75, 3.05) is 46.4 Å². The molecule has 0 bridgehead atoms. The molecule has 1 unspecified atom stereocenters. The summed E-state index contributed by atoms with van der Waals surface area (Å²) in [5, 5.41) is 7.81. The van der Waals surface area contributed by atoms with Gasteiger partial charge >= 0.3 is 6.18 Å². The van der Waals surface area contributed by atoms with Crippen LogP contribution in [0.1, 0.15) is 13.8 Å². The summed E-state index contributed by atoms with van der Waals surface area (Å²) in [4.78, 5) is 25.2. The standard InChI is InChI=1S/C15H27F3N4O3/c1-10(2)13(21-12(23)9-25-3)14(24)20-8-11(15(16,17)18)22-6-4-19-5-7-22/h10-11,13,19H,4-9H2,1-3H3,(H,20,24)(H,21,23)/t11?,13-/m0/s1. The summed E-state index contributed by atoms with van der Waals surface area (Å²) >= 11 is 0.